The van der Waals surface area contributed by atoms with Gasteiger partial charge in [-0.15, -0.1) is 0 Å². The van der Waals surface area contributed by atoms with E-state index < -0.39 is 29.7 Å². The van der Waals surface area contributed by atoms with Gasteiger partial charge < -0.3 is 5.11 Å². The Kier molecular flexibility index (Phi) is 3.38. The summed E-state index contributed by atoms with van der Waals surface area (Å²) in [6.07, 6.45) is 0. The lowest BCUT2D eigenvalue weighted by Gasteiger charge is -2.27. The van der Waals surface area contributed by atoms with E-state index in [-0.39, 0.29) is 6.61 Å². The molecule has 1 atom stereocenters. The van der Waals surface area contributed by atoms with Gasteiger partial charge >= 0.3 is 6.03 Å². The third-order valence-corrected chi connectivity index (χ3v) is 2.87. The molecule has 1 saturated heterocycles. The fourth-order valence-corrected chi connectivity index (χ4v) is 2.00. The summed E-state index contributed by atoms with van der Waals surface area (Å²) in [4.78, 5) is 34.3. The van der Waals surface area contributed by atoms with Crippen molar-refractivity contribution >= 4 is 17.8 Å². The zero-order chi connectivity index (χ0) is 13.1. The Morgan fingerprint density at radius 3 is 2.11 bits per heavy atom. The molecule has 4 amide bonds. The number of nitrogens with one attached hydrogen (secondary N) is 2. The molecule has 0 bridgehead atoms. The van der Waals surface area contributed by atoms with Crippen LogP contribution >= 0.6 is 0 Å². The number of urea groups is 1. The number of benzene rings is 1. The van der Waals surface area contributed by atoms with E-state index in [2.05, 4.69) is 0 Å². The quantitative estimate of drug-likeness (QED) is 0.642. The minimum atomic E-state index is -1.10. The van der Waals surface area contributed by atoms with Crippen molar-refractivity contribution in [2.75, 3.05) is 6.61 Å². The predicted octanol–water partition coefficient (Wildman–Crippen LogP) is -0.255. The summed E-state index contributed by atoms with van der Waals surface area (Å²) in [6, 6.07) is 7.91. The predicted molar refractivity (Wildman–Crippen MR) is 61.4 cm³/mol. The molecule has 6 heteroatoms. The summed E-state index contributed by atoms with van der Waals surface area (Å²) in [5.41, 5.74) is 0.671. The van der Waals surface area contributed by atoms with Crippen LogP contribution in [-0.2, 0) is 9.59 Å². The Bertz CT molecular complexity index is 466. The molecule has 1 aromatic carbocycles. The molecule has 1 aliphatic rings. The van der Waals surface area contributed by atoms with E-state index in [0.29, 0.717) is 5.56 Å². The molecule has 1 unspecified atom stereocenters. The Hall–Kier alpha value is -2.21. The van der Waals surface area contributed by atoms with E-state index >= 15 is 0 Å². The number of amides is 4. The lowest BCUT2D eigenvalue weighted by molar-refractivity contribution is -0.137. The first kappa shape index (κ1) is 12.3. The number of aliphatic hydroxyl groups is 1. The third kappa shape index (κ3) is 2.23. The molecule has 1 aliphatic heterocycles. The summed E-state index contributed by atoms with van der Waals surface area (Å²) in [7, 11) is 0. The van der Waals surface area contributed by atoms with E-state index in [1.807, 2.05) is 10.6 Å². The van der Waals surface area contributed by atoms with Gasteiger partial charge in [0.15, 0.2) is 0 Å². The van der Waals surface area contributed by atoms with E-state index in [4.69, 9.17) is 0 Å². The maximum atomic E-state index is 11.7. The molecule has 0 radical (unpaired) electrons. The molecule has 6 nitrogen and oxygen atoms in total. The summed E-state index contributed by atoms with van der Waals surface area (Å²) >= 11 is 0. The summed E-state index contributed by atoms with van der Waals surface area (Å²) in [5.74, 6) is -3.15. The maximum absolute atomic E-state index is 11.7. The normalized spacial score (nSPS) is 18.2. The topological polar surface area (TPSA) is 95.5 Å². The monoisotopic (exact) mass is 248 g/mol. The lowest BCUT2D eigenvalue weighted by atomic mass is 9.84. The van der Waals surface area contributed by atoms with E-state index in [0.717, 1.165) is 0 Å². The first-order valence-corrected chi connectivity index (χ1v) is 5.45. The summed E-state index contributed by atoms with van der Waals surface area (Å²) < 4.78 is 0. The zero-order valence-corrected chi connectivity index (χ0v) is 9.42. The molecule has 1 fully saturated rings. The number of rotatable bonds is 3. The van der Waals surface area contributed by atoms with Crippen LogP contribution in [0.15, 0.2) is 30.3 Å². The number of carbonyl (C=O) groups excluding carboxylic acids is 3. The SMILES string of the molecule is O=C1NC(=O)C(C(CO)c2ccccc2)C(=O)N1. The Morgan fingerprint density at radius 2 is 1.61 bits per heavy atom. The molecule has 0 saturated carbocycles. The fourth-order valence-electron chi connectivity index (χ4n) is 2.00. The van der Waals surface area contributed by atoms with Crippen molar-refractivity contribution in [2.45, 2.75) is 5.92 Å². The van der Waals surface area contributed by atoms with Gasteiger partial charge in [0.2, 0.25) is 11.8 Å². The van der Waals surface area contributed by atoms with Gasteiger partial charge in [0.05, 0.1) is 6.61 Å². The second-order valence-corrected chi connectivity index (χ2v) is 3.99. The zero-order valence-electron chi connectivity index (χ0n) is 9.42. The molecule has 3 N–H and O–H groups in total. The number of barbiturate groups is 1. The van der Waals surface area contributed by atoms with Crippen LogP contribution in [0.2, 0.25) is 0 Å². The summed E-state index contributed by atoms with van der Waals surface area (Å²) in [5, 5.41) is 13.4. The van der Waals surface area contributed by atoms with Gasteiger partial charge in [0, 0.05) is 5.92 Å². The molecule has 0 aromatic heterocycles. The number of aliphatic hydroxyl groups excluding tert-OH is 1. The number of hydrogen-bond donors (Lipinski definition) is 3. The van der Waals surface area contributed by atoms with Gasteiger partial charge in [-0.1, -0.05) is 30.3 Å². The van der Waals surface area contributed by atoms with Gasteiger partial charge in [-0.3, -0.25) is 20.2 Å². The second kappa shape index (κ2) is 4.97. The highest BCUT2D eigenvalue weighted by atomic mass is 16.3. The molecule has 0 aliphatic carbocycles. The van der Waals surface area contributed by atoms with Crippen LogP contribution in [0.3, 0.4) is 0 Å². The van der Waals surface area contributed by atoms with Gasteiger partial charge in [-0.25, -0.2) is 4.79 Å². The van der Waals surface area contributed by atoms with Crippen molar-refractivity contribution < 1.29 is 19.5 Å². The average Bonchev–Trinajstić information content (AvgIpc) is 2.34. The maximum Gasteiger partial charge on any atom is 0.328 e. The van der Waals surface area contributed by atoms with Crippen molar-refractivity contribution in [3.05, 3.63) is 35.9 Å². The Morgan fingerprint density at radius 1 is 1.06 bits per heavy atom. The van der Waals surface area contributed by atoms with Gasteiger partial charge in [0.25, 0.3) is 0 Å². The molecule has 18 heavy (non-hydrogen) atoms. The second-order valence-electron chi connectivity index (χ2n) is 3.99. The fraction of sp³-hybridized carbons (Fsp3) is 0.250. The standard InChI is InChI=1S/C12H12N2O4/c15-6-8(7-4-2-1-3-5-7)9-10(16)13-12(18)14-11(9)17/h1-5,8-9,15H,6H2,(H2,13,14,16,17,18). The number of hydrogen-bond acceptors (Lipinski definition) is 4. The van der Waals surface area contributed by atoms with Crippen LogP contribution in [0.5, 0.6) is 0 Å². The number of imide groups is 2. The molecule has 0 spiro atoms. The molecule has 1 aromatic rings. The van der Waals surface area contributed by atoms with Crippen molar-refractivity contribution in [3.8, 4) is 0 Å². The average molecular weight is 248 g/mol. The Labute approximate surface area is 103 Å². The Balaban J connectivity index is 2.30. The molecule has 1 heterocycles. The highest BCUT2D eigenvalue weighted by Crippen LogP contribution is 2.26. The third-order valence-electron chi connectivity index (χ3n) is 2.87. The molecular formula is C12H12N2O4. The first-order valence-electron chi connectivity index (χ1n) is 5.45. The van der Waals surface area contributed by atoms with Gasteiger partial charge in [-0.05, 0) is 5.56 Å². The van der Waals surface area contributed by atoms with Crippen molar-refractivity contribution in [3.63, 3.8) is 0 Å². The highest BCUT2D eigenvalue weighted by Gasteiger charge is 2.40. The van der Waals surface area contributed by atoms with E-state index in [1.165, 1.54) is 0 Å². The van der Waals surface area contributed by atoms with Crippen LogP contribution in [0.25, 0.3) is 0 Å². The van der Waals surface area contributed by atoms with Gasteiger partial charge in [-0.2, -0.15) is 0 Å². The van der Waals surface area contributed by atoms with Crippen LogP contribution < -0.4 is 10.6 Å². The van der Waals surface area contributed by atoms with E-state index in [1.54, 1.807) is 30.3 Å². The van der Waals surface area contributed by atoms with Crippen molar-refractivity contribution in [1.29, 1.82) is 0 Å². The van der Waals surface area contributed by atoms with Crippen LogP contribution in [0.1, 0.15) is 11.5 Å². The van der Waals surface area contributed by atoms with E-state index in [9.17, 15) is 19.5 Å². The van der Waals surface area contributed by atoms with Crippen molar-refractivity contribution in [1.82, 2.24) is 10.6 Å². The molecule has 94 valence electrons. The van der Waals surface area contributed by atoms with Crippen molar-refractivity contribution in [2.24, 2.45) is 5.92 Å². The minimum Gasteiger partial charge on any atom is -0.396 e. The molecule has 2 rings (SSSR count). The summed E-state index contributed by atoms with van der Waals surface area (Å²) in [6.45, 7) is -0.357. The number of carbonyl (C=O) groups is 3. The van der Waals surface area contributed by atoms with Crippen LogP contribution in [0, 0.1) is 5.92 Å². The first-order chi connectivity index (χ1) is 8.63. The van der Waals surface area contributed by atoms with Crippen LogP contribution in [-0.4, -0.2) is 29.6 Å². The lowest BCUT2D eigenvalue weighted by Crippen LogP contribution is -2.57. The van der Waals surface area contributed by atoms with Gasteiger partial charge in [0.1, 0.15) is 5.92 Å². The molecular weight excluding hydrogens is 236 g/mol. The largest absolute Gasteiger partial charge is 0.396 e. The minimum absolute atomic E-state index is 0.357. The highest BCUT2D eigenvalue weighted by molar-refractivity contribution is 6.16. The van der Waals surface area contributed by atoms with Crippen LogP contribution in [0.4, 0.5) is 4.79 Å². The smallest absolute Gasteiger partial charge is 0.328 e.